The van der Waals surface area contributed by atoms with Crippen LogP contribution in [0.5, 0.6) is 0 Å². The van der Waals surface area contributed by atoms with Gasteiger partial charge in [0, 0.05) is 0 Å². The van der Waals surface area contributed by atoms with E-state index in [4.69, 9.17) is 10.4 Å². The van der Waals surface area contributed by atoms with E-state index in [9.17, 15) is 4.79 Å². The summed E-state index contributed by atoms with van der Waals surface area (Å²) in [5.41, 5.74) is 1.92. The quantitative estimate of drug-likeness (QED) is 0.332. The highest BCUT2D eigenvalue weighted by Crippen LogP contribution is 1.89. The maximum atomic E-state index is 9.97. The Morgan fingerprint density at radius 2 is 2.30 bits per heavy atom. The number of nitrogens with zero attached hydrogens (tertiary/aromatic N) is 2. The van der Waals surface area contributed by atoms with Crippen molar-refractivity contribution >= 4 is 6.09 Å². The van der Waals surface area contributed by atoms with Crippen LogP contribution >= 0.6 is 0 Å². The Hall–Kier alpha value is -1.44. The van der Waals surface area contributed by atoms with Gasteiger partial charge in [0.25, 0.3) is 0 Å². The molecule has 1 amide bonds. The van der Waals surface area contributed by atoms with Gasteiger partial charge >= 0.3 is 6.09 Å². The lowest BCUT2D eigenvalue weighted by atomic mass is 10.4. The van der Waals surface area contributed by atoms with Crippen LogP contribution in [-0.4, -0.2) is 22.3 Å². The van der Waals surface area contributed by atoms with Gasteiger partial charge in [-0.2, -0.15) is 5.26 Å². The van der Waals surface area contributed by atoms with E-state index in [0.29, 0.717) is 0 Å². The van der Waals surface area contributed by atoms with Crippen molar-refractivity contribution < 1.29 is 9.90 Å². The minimum atomic E-state index is -1.23. The molecule has 0 heterocycles. The Morgan fingerprint density at radius 3 is 2.40 bits per heavy atom. The molecule has 0 fully saturated rings. The summed E-state index contributed by atoms with van der Waals surface area (Å²) in [6.07, 6.45) is 0.448. The van der Waals surface area contributed by atoms with E-state index < -0.39 is 6.09 Å². The number of nitrogens with one attached hydrogen (secondary N) is 1. The molecule has 5 nitrogen and oxygen atoms in total. The Balaban J connectivity index is 3.87. The number of carbonyl (C=O) groups is 1. The topological polar surface area (TPSA) is 76.4 Å². The molecule has 0 rings (SSSR count). The van der Waals surface area contributed by atoms with Crippen LogP contribution in [-0.2, 0) is 0 Å². The van der Waals surface area contributed by atoms with Gasteiger partial charge in [-0.05, 0) is 13.8 Å². The van der Waals surface area contributed by atoms with Gasteiger partial charge in [0.05, 0.1) is 6.04 Å². The number of carboxylic acid groups (broad SMARTS) is 1. The van der Waals surface area contributed by atoms with Gasteiger partial charge in [-0.25, -0.2) is 15.2 Å². The van der Waals surface area contributed by atoms with E-state index in [-0.39, 0.29) is 6.04 Å². The van der Waals surface area contributed by atoms with E-state index >= 15 is 0 Å². The number of nitriles is 1. The minimum absolute atomic E-state index is 0.152. The summed E-state index contributed by atoms with van der Waals surface area (Å²) >= 11 is 0. The van der Waals surface area contributed by atoms with Gasteiger partial charge < -0.3 is 5.11 Å². The second-order valence-corrected chi connectivity index (χ2v) is 1.98. The van der Waals surface area contributed by atoms with Crippen molar-refractivity contribution in [2.24, 2.45) is 0 Å². The van der Waals surface area contributed by atoms with Crippen LogP contribution in [0.3, 0.4) is 0 Å². The summed E-state index contributed by atoms with van der Waals surface area (Å²) in [4.78, 5) is 9.97. The molecule has 56 valence electrons. The highest BCUT2D eigenvalue weighted by atomic mass is 16.4. The van der Waals surface area contributed by atoms with Gasteiger partial charge in [-0.1, -0.05) is 0 Å². The molecule has 0 radical (unpaired) electrons. The van der Waals surface area contributed by atoms with Crippen LogP contribution in [0.25, 0.3) is 0 Å². The molecular weight excluding hydrogens is 134 g/mol. The number of rotatable bonds is 2. The molecule has 10 heavy (non-hydrogen) atoms. The molecule has 0 bridgehead atoms. The molecule has 0 aromatic rings. The third-order valence-corrected chi connectivity index (χ3v) is 0.840. The summed E-state index contributed by atoms with van der Waals surface area (Å²) in [6.45, 7) is 3.42. The Labute approximate surface area is 58.8 Å². The minimum Gasteiger partial charge on any atom is -0.464 e. The Kier molecular flexibility index (Phi) is 3.05. The van der Waals surface area contributed by atoms with Crippen LogP contribution < -0.4 is 5.43 Å². The maximum absolute atomic E-state index is 9.97. The first kappa shape index (κ1) is 8.56. The molecule has 0 aromatic carbocycles. The van der Waals surface area contributed by atoms with Crippen molar-refractivity contribution in [3.8, 4) is 6.19 Å². The molecule has 2 N–H and O–H groups in total. The third kappa shape index (κ3) is 2.77. The fourth-order valence-corrected chi connectivity index (χ4v) is 0.373. The smallest absolute Gasteiger partial charge is 0.424 e. The lowest BCUT2D eigenvalue weighted by Gasteiger charge is -2.17. The number of amides is 1. The van der Waals surface area contributed by atoms with E-state index in [0.717, 1.165) is 5.01 Å². The molecule has 0 saturated heterocycles. The van der Waals surface area contributed by atoms with E-state index in [1.807, 2.05) is 5.43 Å². The van der Waals surface area contributed by atoms with Gasteiger partial charge in [0.2, 0.25) is 0 Å². The second kappa shape index (κ2) is 3.56. The average molecular weight is 143 g/mol. The first-order chi connectivity index (χ1) is 4.57. The molecule has 0 aromatic heterocycles. The number of hydrogen-bond acceptors (Lipinski definition) is 3. The van der Waals surface area contributed by atoms with Crippen molar-refractivity contribution in [1.29, 1.82) is 5.26 Å². The van der Waals surface area contributed by atoms with Crippen molar-refractivity contribution in [3.63, 3.8) is 0 Å². The largest absolute Gasteiger partial charge is 0.464 e. The highest BCUT2D eigenvalue weighted by Gasteiger charge is 2.07. The Bertz CT molecular complexity index is 161. The zero-order valence-electron chi connectivity index (χ0n) is 5.83. The lowest BCUT2D eigenvalue weighted by molar-refractivity contribution is 0.154. The molecular formula is C5H9N3O2. The SMILES string of the molecule is CC(C)N(C#N)NC(=O)O. The van der Waals surface area contributed by atoms with Crippen molar-refractivity contribution in [1.82, 2.24) is 10.4 Å². The summed E-state index contributed by atoms with van der Waals surface area (Å²) in [6, 6.07) is -0.152. The summed E-state index contributed by atoms with van der Waals surface area (Å²) in [7, 11) is 0. The molecule has 5 heteroatoms. The van der Waals surface area contributed by atoms with Crippen molar-refractivity contribution in [2.45, 2.75) is 19.9 Å². The fourth-order valence-electron chi connectivity index (χ4n) is 0.373. The molecule has 0 saturated carbocycles. The highest BCUT2D eigenvalue weighted by molar-refractivity contribution is 5.63. The van der Waals surface area contributed by atoms with Crippen LogP contribution in [0.1, 0.15) is 13.8 Å². The molecule has 0 spiro atoms. The van der Waals surface area contributed by atoms with E-state index in [1.165, 1.54) is 0 Å². The van der Waals surface area contributed by atoms with Crippen LogP contribution in [0.15, 0.2) is 0 Å². The van der Waals surface area contributed by atoms with E-state index in [1.54, 1.807) is 20.0 Å². The molecule has 0 aliphatic carbocycles. The van der Waals surface area contributed by atoms with Crippen molar-refractivity contribution in [3.05, 3.63) is 0 Å². The number of hydrazine groups is 1. The normalized spacial score (nSPS) is 8.60. The van der Waals surface area contributed by atoms with Crippen LogP contribution in [0.2, 0.25) is 0 Å². The molecule has 0 aliphatic rings. The first-order valence-electron chi connectivity index (χ1n) is 2.76. The zero-order valence-corrected chi connectivity index (χ0v) is 5.83. The van der Waals surface area contributed by atoms with Crippen molar-refractivity contribution in [2.75, 3.05) is 0 Å². The third-order valence-electron chi connectivity index (χ3n) is 0.840. The standard InChI is InChI=1S/C5H9N3O2/c1-4(2)8(3-6)7-5(9)10/h4,7H,1-2H3,(H,9,10). The predicted molar refractivity (Wildman–Crippen MR) is 33.7 cm³/mol. The summed E-state index contributed by atoms with van der Waals surface area (Å²) in [5.74, 6) is 0. The second-order valence-electron chi connectivity index (χ2n) is 1.98. The molecule has 0 aliphatic heterocycles. The maximum Gasteiger partial charge on any atom is 0.424 e. The fraction of sp³-hybridized carbons (Fsp3) is 0.600. The van der Waals surface area contributed by atoms with Gasteiger partial charge in [-0.15, -0.1) is 0 Å². The molecule has 0 unspecified atom stereocenters. The zero-order chi connectivity index (χ0) is 8.15. The average Bonchev–Trinajstić information content (AvgIpc) is 1.81. The summed E-state index contributed by atoms with van der Waals surface area (Å²) in [5, 5.41) is 17.4. The number of hydrogen-bond donors (Lipinski definition) is 2. The summed E-state index contributed by atoms with van der Waals surface area (Å²) < 4.78 is 0. The first-order valence-corrected chi connectivity index (χ1v) is 2.76. The van der Waals surface area contributed by atoms with E-state index in [2.05, 4.69) is 0 Å². The Morgan fingerprint density at radius 1 is 1.80 bits per heavy atom. The monoisotopic (exact) mass is 143 g/mol. The van der Waals surface area contributed by atoms with Crippen LogP contribution in [0, 0.1) is 11.5 Å². The molecule has 0 atom stereocenters. The van der Waals surface area contributed by atoms with Crippen LogP contribution in [0.4, 0.5) is 4.79 Å². The predicted octanol–water partition coefficient (Wildman–Crippen LogP) is 0.360. The van der Waals surface area contributed by atoms with Gasteiger partial charge in [0.1, 0.15) is 0 Å². The van der Waals surface area contributed by atoms with Gasteiger partial charge in [-0.3, -0.25) is 0 Å². The lowest BCUT2D eigenvalue weighted by Crippen LogP contribution is -2.42. The van der Waals surface area contributed by atoms with Gasteiger partial charge in [0.15, 0.2) is 6.19 Å².